The summed E-state index contributed by atoms with van der Waals surface area (Å²) in [6.07, 6.45) is 1.83. The van der Waals surface area contributed by atoms with E-state index in [1.54, 1.807) is 11.3 Å². The molecule has 4 rings (SSSR count). The predicted molar refractivity (Wildman–Crippen MR) is 110 cm³/mol. The first-order valence-electron chi connectivity index (χ1n) is 9.67. The van der Waals surface area contributed by atoms with Crippen LogP contribution in [-0.4, -0.2) is 42.0 Å². The van der Waals surface area contributed by atoms with Crippen molar-refractivity contribution < 1.29 is 14.3 Å². The molecule has 148 valence electrons. The van der Waals surface area contributed by atoms with Crippen molar-refractivity contribution >= 4 is 28.8 Å². The number of rotatable bonds is 4. The second-order valence-electron chi connectivity index (χ2n) is 7.37. The van der Waals surface area contributed by atoms with Crippen LogP contribution in [0.4, 0.5) is 5.69 Å². The molecule has 1 aromatic carbocycles. The molecule has 2 aliphatic rings. The van der Waals surface area contributed by atoms with E-state index in [2.05, 4.69) is 16.8 Å². The van der Waals surface area contributed by atoms with E-state index < -0.39 is 6.10 Å². The molecule has 0 bridgehead atoms. The molecule has 0 radical (unpaired) electrons. The summed E-state index contributed by atoms with van der Waals surface area (Å²) in [5.74, 6) is -0.171. The fourth-order valence-corrected chi connectivity index (χ4v) is 4.77. The zero-order chi connectivity index (χ0) is 19.7. The van der Waals surface area contributed by atoms with Gasteiger partial charge in [0.15, 0.2) is 0 Å². The first-order valence-corrected chi connectivity index (χ1v) is 10.5. The predicted octanol–water partition coefficient (Wildman–Crippen LogP) is 2.70. The lowest BCUT2D eigenvalue weighted by atomic mass is 10.0. The summed E-state index contributed by atoms with van der Waals surface area (Å²) in [6.45, 7) is 3.67. The molecule has 0 spiro atoms. The van der Waals surface area contributed by atoms with Gasteiger partial charge in [-0.2, -0.15) is 0 Å². The number of fused-ring (bicyclic) bond motifs is 1. The Balaban J connectivity index is 1.48. The number of nitrogens with two attached hydrogens (primary N) is 1. The Kier molecular flexibility index (Phi) is 5.48. The Morgan fingerprint density at radius 2 is 2.18 bits per heavy atom. The third kappa shape index (κ3) is 3.70. The van der Waals surface area contributed by atoms with E-state index in [0.29, 0.717) is 30.8 Å². The van der Waals surface area contributed by atoms with E-state index in [4.69, 9.17) is 10.5 Å². The molecule has 0 saturated carbocycles. The Labute approximate surface area is 168 Å². The number of hydrogen-bond donors (Lipinski definition) is 2. The number of benzene rings is 1. The van der Waals surface area contributed by atoms with Crippen LogP contribution in [0.3, 0.4) is 0 Å². The zero-order valence-electron chi connectivity index (χ0n) is 15.9. The van der Waals surface area contributed by atoms with Crippen molar-refractivity contribution in [2.75, 3.05) is 18.4 Å². The van der Waals surface area contributed by atoms with E-state index >= 15 is 0 Å². The van der Waals surface area contributed by atoms with Crippen LogP contribution in [0, 0.1) is 6.92 Å². The van der Waals surface area contributed by atoms with Gasteiger partial charge in [-0.1, -0.05) is 6.07 Å². The largest absolute Gasteiger partial charge is 0.364 e. The summed E-state index contributed by atoms with van der Waals surface area (Å²) in [4.78, 5) is 28.9. The van der Waals surface area contributed by atoms with Crippen LogP contribution < -0.4 is 11.1 Å². The molecule has 3 N–H and O–H groups in total. The van der Waals surface area contributed by atoms with Crippen molar-refractivity contribution in [1.82, 2.24) is 4.90 Å². The fraction of sp³-hybridized carbons (Fsp3) is 0.429. The number of anilines is 1. The maximum absolute atomic E-state index is 13.1. The molecule has 2 amide bonds. The standard InChI is InChI=1S/C21H25N3O3S/c1-13-16(21(26)24-9-7-19-14(12-24)8-10-28-19)3-2-4-17(13)23-20(25)18-6-5-15(11-22)27-18/h2-4,8,10,15,18H,5-7,9,11-12,22H2,1H3,(H,23,25)/t15-,18+/m1/s1. The van der Waals surface area contributed by atoms with Gasteiger partial charge < -0.3 is 20.7 Å². The van der Waals surface area contributed by atoms with Gasteiger partial charge >= 0.3 is 0 Å². The quantitative estimate of drug-likeness (QED) is 0.828. The lowest BCUT2D eigenvalue weighted by Crippen LogP contribution is -2.36. The molecule has 1 fully saturated rings. The highest BCUT2D eigenvalue weighted by Gasteiger charge is 2.30. The van der Waals surface area contributed by atoms with Crippen LogP contribution in [0.15, 0.2) is 29.6 Å². The first kappa shape index (κ1) is 19.1. The number of thiophene rings is 1. The minimum Gasteiger partial charge on any atom is -0.364 e. The lowest BCUT2D eigenvalue weighted by molar-refractivity contribution is -0.126. The van der Waals surface area contributed by atoms with Crippen LogP contribution in [0.5, 0.6) is 0 Å². The van der Waals surface area contributed by atoms with Crippen molar-refractivity contribution in [3.63, 3.8) is 0 Å². The highest BCUT2D eigenvalue weighted by molar-refractivity contribution is 7.10. The summed E-state index contributed by atoms with van der Waals surface area (Å²) in [6, 6.07) is 7.56. The maximum atomic E-state index is 13.1. The van der Waals surface area contributed by atoms with E-state index in [1.807, 2.05) is 30.0 Å². The molecule has 2 aromatic rings. The van der Waals surface area contributed by atoms with Crippen LogP contribution in [0.2, 0.25) is 0 Å². The van der Waals surface area contributed by atoms with Crippen LogP contribution in [0.25, 0.3) is 0 Å². The molecule has 0 aliphatic carbocycles. The van der Waals surface area contributed by atoms with Crippen molar-refractivity contribution in [2.45, 2.75) is 44.9 Å². The topological polar surface area (TPSA) is 84.7 Å². The number of ether oxygens (including phenoxy) is 1. The molecular formula is C21H25N3O3S. The van der Waals surface area contributed by atoms with Gasteiger partial charge in [-0.25, -0.2) is 0 Å². The van der Waals surface area contributed by atoms with Crippen molar-refractivity contribution in [1.29, 1.82) is 0 Å². The molecule has 1 aromatic heterocycles. The first-order chi connectivity index (χ1) is 13.6. The highest BCUT2D eigenvalue weighted by Crippen LogP contribution is 2.28. The normalized spacial score (nSPS) is 21.4. The minimum atomic E-state index is -0.480. The van der Waals surface area contributed by atoms with Crippen molar-refractivity contribution in [3.8, 4) is 0 Å². The van der Waals surface area contributed by atoms with Gasteiger partial charge in [0, 0.05) is 35.8 Å². The van der Waals surface area contributed by atoms with Crippen LogP contribution in [0.1, 0.15) is 39.2 Å². The van der Waals surface area contributed by atoms with Gasteiger partial charge in [0.2, 0.25) is 0 Å². The van der Waals surface area contributed by atoms with Gasteiger partial charge in [-0.3, -0.25) is 9.59 Å². The smallest absolute Gasteiger partial charge is 0.254 e. The molecule has 0 unspecified atom stereocenters. The van der Waals surface area contributed by atoms with E-state index in [1.165, 1.54) is 10.4 Å². The van der Waals surface area contributed by atoms with E-state index in [0.717, 1.165) is 24.9 Å². The molecular weight excluding hydrogens is 374 g/mol. The van der Waals surface area contributed by atoms with Gasteiger partial charge in [0.1, 0.15) is 6.10 Å². The minimum absolute atomic E-state index is 0.00533. The Morgan fingerprint density at radius 3 is 2.96 bits per heavy atom. The Morgan fingerprint density at radius 1 is 1.32 bits per heavy atom. The summed E-state index contributed by atoms with van der Waals surface area (Å²) in [7, 11) is 0. The number of carbonyl (C=O) groups is 2. The van der Waals surface area contributed by atoms with Crippen molar-refractivity contribution in [3.05, 3.63) is 51.2 Å². The summed E-state index contributed by atoms with van der Waals surface area (Å²) in [5.41, 5.74) is 8.92. The molecule has 7 heteroatoms. The number of nitrogens with one attached hydrogen (secondary N) is 1. The molecule has 2 aliphatic heterocycles. The van der Waals surface area contributed by atoms with Gasteiger partial charge in [0.05, 0.1) is 6.10 Å². The molecule has 1 saturated heterocycles. The van der Waals surface area contributed by atoms with Crippen LogP contribution >= 0.6 is 11.3 Å². The monoisotopic (exact) mass is 399 g/mol. The molecule has 28 heavy (non-hydrogen) atoms. The summed E-state index contributed by atoms with van der Waals surface area (Å²) in [5, 5.41) is 5.02. The average Bonchev–Trinajstić information content (AvgIpc) is 3.37. The lowest BCUT2D eigenvalue weighted by Gasteiger charge is -2.28. The molecule has 6 nitrogen and oxygen atoms in total. The van der Waals surface area contributed by atoms with Gasteiger partial charge in [-0.15, -0.1) is 11.3 Å². The highest BCUT2D eigenvalue weighted by atomic mass is 32.1. The van der Waals surface area contributed by atoms with E-state index in [-0.39, 0.29) is 17.9 Å². The Bertz CT molecular complexity index is 895. The number of nitrogens with zero attached hydrogens (tertiary/aromatic N) is 1. The summed E-state index contributed by atoms with van der Waals surface area (Å²) >= 11 is 1.76. The third-order valence-corrected chi connectivity index (χ3v) is 6.60. The summed E-state index contributed by atoms with van der Waals surface area (Å²) < 4.78 is 5.67. The maximum Gasteiger partial charge on any atom is 0.254 e. The van der Waals surface area contributed by atoms with Crippen LogP contribution in [-0.2, 0) is 22.5 Å². The number of carbonyl (C=O) groups excluding carboxylic acids is 2. The zero-order valence-corrected chi connectivity index (χ0v) is 16.8. The van der Waals surface area contributed by atoms with Crippen molar-refractivity contribution in [2.24, 2.45) is 5.73 Å². The number of hydrogen-bond acceptors (Lipinski definition) is 5. The third-order valence-electron chi connectivity index (χ3n) is 5.58. The average molecular weight is 400 g/mol. The van der Waals surface area contributed by atoms with Gasteiger partial charge in [0.25, 0.3) is 11.8 Å². The second-order valence-corrected chi connectivity index (χ2v) is 8.37. The molecule has 3 heterocycles. The Hall–Kier alpha value is -2.22. The SMILES string of the molecule is Cc1c(NC(=O)[C@@H]2CC[C@H](CN)O2)cccc1C(=O)N1CCc2sccc2C1. The van der Waals surface area contributed by atoms with Gasteiger partial charge in [-0.05, 0) is 60.9 Å². The molecule has 2 atom stereocenters. The second kappa shape index (κ2) is 8.03. The fourth-order valence-electron chi connectivity index (χ4n) is 3.88. The van der Waals surface area contributed by atoms with E-state index in [9.17, 15) is 9.59 Å². The number of amides is 2.